The lowest BCUT2D eigenvalue weighted by Crippen LogP contribution is -2.27. The maximum Gasteiger partial charge on any atom is 0.262 e. The topological polar surface area (TPSA) is 91.1 Å². The van der Waals surface area contributed by atoms with Crippen LogP contribution in [0.2, 0.25) is 0 Å². The number of carbonyl (C=O) groups excluding carboxylic acids is 1. The SMILES string of the molecule is C[C@@H](Sc1nc2ccc(Br)cc2c(=O)n1Cc1ccco1)C(N)=O. The number of halogens is 1. The molecular weight excluding hydrogens is 394 g/mol. The van der Waals surface area contributed by atoms with Gasteiger partial charge in [0.05, 0.1) is 29.0 Å². The molecular formula is C16H14BrN3O3S. The number of primary amides is 1. The minimum Gasteiger partial charge on any atom is -0.467 e. The van der Waals surface area contributed by atoms with Crippen LogP contribution in [0.1, 0.15) is 12.7 Å². The van der Waals surface area contributed by atoms with E-state index in [0.717, 1.165) is 16.2 Å². The molecule has 0 fully saturated rings. The summed E-state index contributed by atoms with van der Waals surface area (Å²) in [5.74, 6) is 0.163. The van der Waals surface area contributed by atoms with Gasteiger partial charge in [0, 0.05) is 4.47 Å². The maximum atomic E-state index is 12.9. The first-order chi connectivity index (χ1) is 11.5. The zero-order chi connectivity index (χ0) is 17.3. The molecule has 0 saturated heterocycles. The van der Waals surface area contributed by atoms with Gasteiger partial charge in [-0.3, -0.25) is 14.2 Å². The smallest absolute Gasteiger partial charge is 0.262 e. The largest absolute Gasteiger partial charge is 0.467 e. The number of amides is 1. The van der Waals surface area contributed by atoms with Crippen LogP contribution in [-0.4, -0.2) is 20.7 Å². The quantitative estimate of drug-likeness (QED) is 0.518. The Morgan fingerprint density at radius 3 is 2.92 bits per heavy atom. The third kappa shape index (κ3) is 3.39. The molecule has 24 heavy (non-hydrogen) atoms. The molecule has 2 heterocycles. The van der Waals surface area contributed by atoms with Crippen LogP contribution in [0.5, 0.6) is 0 Å². The molecule has 1 aromatic carbocycles. The zero-order valence-corrected chi connectivity index (χ0v) is 15.1. The third-order valence-electron chi connectivity index (χ3n) is 3.46. The number of nitrogens with zero attached hydrogens (tertiary/aromatic N) is 2. The minimum absolute atomic E-state index is 0.197. The first-order valence-corrected chi connectivity index (χ1v) is 8.81. The molecule has 0 unspecified atom stereocenters. The number of rotatable bonds is 5. The molecule has 124 valence electrons. The van der Waals surface area contributed by atoms with Crippen molar-refractivity contribution in [1.82, 2.24) is 9.55 Å². The summed E-state index contributed by atoms with van der Waals surface area (Å²) in [5, 5.41) is 0.414. The summed E-state index contributed by atoms with van der Waals surface area (Å²) in [6, 6.07) is 8.84. The van der Waals surface area contributed by atoms with E-state index < -0.39 is 11.2 Å². The second-order valence-corrected chi connectivity index (χ2v) is 7.41. The molecule has 0 spiro atoms. The molecule has 0 radical (unpaired) electrons. The number of thioether (sulfide) groups is 1. The number of hydrogen-bond donors (Lipinski definition) is 1. The van der Waals surface area contributed by atoms with E-state index >= 15 is 0 Å². The summed E-state index contributed by atoms with van der Waals surface area (Å²) in [5.41, 5.74) is 5.71. The predicted molar refractivity (Wildman–Crippen MR) is 96.0 cm³/mol. The van der Waals surface area contributed by atoms with Gasteiger partial charge < -0.3 is 10.2 Å². The molecule has 0 aliphatic rings. The highest BCUT2D eigenvalue weighted by Crippen LogP contribution is 2.24. The average molecular weight is 408 g/mol. The van der Waals surface area contributed by atoms with Crippen molar-refractivity contribution in [2.75, 3.05) is 0 Å². The molecule has 2 N–H and O–H groups in total. The Kier molecular flexibility index (Phi) is 4.77. The van der Waals surface area contributed by atoms with Crippen LogP contribution in [0.4, 0.5) is 0 Å². The summed E-state index contributed by atoms with van der Waals surface area (Å²) in [6.45, 7) is 1.91. The van der Waals surface area contributed by atoms with Crippen molar-refractivity contribution in [1.29, 1.82) is 0 Å². The molecule has 1 atom stereocenters. The van der Waals surface area contributed by atoms with Crippen molar-refractivity contribution in [2.24, 2.45) is 5.73 Å². The van der Waals surface area contributed by atoms with Crippen LogP contribution in [0.3, 0.4) is 0 Å². The molecule has 6 nitrogen and oxygen atoms in total. The summed E-state index contributed by atoms with van der Waals surface area (Å²) in [4.78, 5) is 28.8. The molecule has 0 saturated carbocycles. The summed E-state index contributed by atoms with van der Waals surface area (Å²) in [7, 11) is 0. The Hall–Kier alpha value is -2.06. The molecule has 0 aliphatic carbocycles. The van der Waals surface area contributed by atoms with Crippen molar-refractivity contribution in [3.05, 3.63) is 57.2 Å². The van der Waals surface area contributed by atoms with E-state index in [2.05, 4.69) is 20.9 Å². The van der Waals surface area contributed by atoms with Crippen molar-refractivity contribution in [2.45, 2.75) is 23.9 Å². The van der Waals surface area contributed by atoms with Crippen molar-refractivity contribution >= 4 is 44.5 Å². The first kappa shape index (κ1) is 16.8. The fourth-order valence-electron chi connectivity index (χ4n) is 2.18. The van der Waals surface area contributed by atoms with E-state index in [-0.39, 0.29) is 12.1 Å². The van der Waals surface area contributed by atoms with Crippen molar-refractivity contribution < 1.29 is 9.21 Å². The van der Waals surface area contributed by atoms with Gasteiger partial charge >= 0.3 is 0 Å². The van der Waals surface area contributed by atoms with E-state index in [1.807, 2.05) is 6.07 Å². The number of hydrogen-bond acceptors (Lipinski definition) is 5. The highest BCUT2D eigenvalue weighted by atomic mass is 79.9. The normalized spacial score (nSPS) is 12.4. The lowest BCUT2D eigenvalue weighted by molar-refractivity contribution is -0.117. The monoisotopic (exact) mass is 407 g/mol. The third-order valence-corrected chi connectivity index (χ3v) is 5.06. The number of furan rings is 1. The van der Waals surface area contributed by atoms with Crippen molar-refractivity contribution in [3.8, 4) is 0 Å². The van der Waals surface area contributed by atoms with E-state index in [4.69, 9.17) is 10.2 Å². The minimum atomic E-state index is -0.507. The maximum absolute atomic E-state index is 12.9. The van der Waals surface area contributed by atoms with Crippen molar-refractivity contribution in [3.63, 3.8) is 0 Å². The van der Waals surface area contributed by atoms with E-state index in [1.54, 1.807) is 37.5 Å². The number of aromatic nitrogens is 2. The van der Waals surface area contributed by atoms with Gasteiger partial charge in [-0.1, -0.05) is 27.7 Å². The zero-order valence-electron chi connectivity index (χ0n) is 12.7. The predicted octanol–water partition coefficient (Wildman–Crippen LogP) is 2.77. The van der Waals surface area contributed by atoms with Gasteiger partial charge in [0.1, 0.15) is 5.76 Å². The van der Waals surface area contributed by atoms with Crippen LogP contribution >= 0.6 is 27.7 Å². The summed E-state index contributed by atoms with van der Waals surface area (Å²) in [6.07, 6.45) is 1.55. The van der Waals surface area contributed by atoms with Gasteiger partial charge in [-0.25, -0.2) is 4.98 Å². The van der Waals surface area contributed by atoms with Gasteiger partial charge in [0.2, 0.25) is 5.91 Å². The fourth-order valence-corrected chi connectivity index (χ4v) is 3.40. The Balaban J connectivity index is 2.17. The first-order valence-electron chi connectivity index (χ1n) is 7.14. The Morgan fingerprint density at radius 1 is 1.46 bits per heavy atom. The number of benzene rings is 1. The number of fused-ring (bicyclic) bond motifs is 1. The Bertz CT molecular complexity index is 953. The fraction of sp³-hybridized carbons (Fsp3) is 0.188. The van der Waals surface area contributed by atoms with Gasteiger partial charge in [-0.05, 0) is 37.3 Å². The summed E-state index contributed by atoms with van der Waals surface area (Å²) >= 11 is 4.53. The van der Waals surface area contributed by atoms with Crippen LogP contribution in [0.25, 0.3) is 10.9 Å². The average Bonchev–Trinajstić information content (AvgIpc) is 3.05. The van der Waals surface area contributed by atoms with Gasteiger partial charge in [0.25, 0.3) is 5.56 Å². The Morgan fingerprint density at radius 2 is 2.25 bits per heavy atom. The van der Waals surface area contributed by atoms with E-state index in [0.29, 0.717) is 21.8 Å². The van der Waals surface area contributed by atoms with Crippen LogP contribution in [0, 0.1) is 0 Å². The van der Waals surface area contributed by atoms with Crippen LogP contribution in [0.15, 0.2) is 55.4 Å². The molecule has 1 amide bonds. The molecule has 2 aromatic heterocycles. The molecule has 3 aromatic rings. The highest BCUT2D eigenvalue weighted by molar-refractivity contribution is 9.10. The summed E-state index contributed by atoms with van der Waals surface area (Å²) < 4.78 is 7.63. The second kappa shape index (κ2) is 6.82. The van der Waals surface area contributed by atoms with Gasteiger partial charge in [-0.15, -0.1) is 0 Å². The highest BCUT2D eigenvalue weighted by Gasteiger charge is 2.18. The van der Waals surface area contributed by atoms with Gasteiger partial charge in [0.15, 0.2) is 5.16 Å². The standard InChI is InChI=1S/C16H14BrN3O3S/c1-9(14(18)21)24-16-19-13-5-4-10(17)7-12(13)15(22)20(16)8-11-3-2-6-23-11/h2-7,9H,8H2,1H3,(H2,18,21)/t9-/m1/s1. The van der Waals surface area contributed by atoms with Crippen LogP contribution < -0.4 is 11.3 Å². The van der Waals surface area contributed by atoms with E-state index in [9.17, 15) is 9.59 Å². The number of nitrogens with two attached hydrogens (primary N) is 1. The van der Waals surface area contributed by atoms with Gasteiger partial charge in [-0.2, -0.15) is 0 Å². The molecule has 0 bridgehead atoms. The second-order valence-electron chi connectivity index (χ2n) is 5.19. The lowest BCUT2D eigenvalue weighted by Gasteiger charge is -2.14. The molecule has 0 aliphatic heterocycles. The molecule has 3 rings (SSSR count). The lowest BCUT2D eigenvalue weighted by atomic mass is 10.2. The molecule has 8 heteroatoms. The Labute approximate surface area is 150 Å². The van der Waals surface area contributed by atoms with Crippen LogP contribution in [-0.2, 0) is 11.3 Å². The van der Waals surface area contributed by atoms with E-state index in [1.165, 1.54) is 4.57 Å². The number of carbonyl (C=O) groups is 1.